The molecule has 0 bridgehead atoms. The molecule has 0 heterocycles. The number of fused-ring (bicyclic) bond motifs is 1. The van der Waals surface area contributed by atoms with Gasteiger partial charge in [-0.1, -0.05) is 12.8 Å². The number of hydrogen-bond acceptors (Lipinski definition) is 2. The van der Waals surface area contributed by atoms with Gasteiger partial charge in [0.1, 0.15) is 0 Å². The lowest BCUT2D eigenvalue weighted by molar-refractivity contribution is -0.141. The average molecular weight is 251 g/mol. The molecule has 0 spiro atoms. The van der Waals surface area contributed by atoms with Gasteiger partial charge in [0.15, 0.2) is 0 Å². The van der Waals surface area contributed by atoms with Crippen LogP contribution in [-0.4, -0.2) is 23.0 Å². The molecule has 3 rings (SSSR count). The Kier molecular flexibility index (Phi) is 3.04. The normalized spacial score (nSPS) is 42.1. The Morgan fingerprint density at radius 2 is 1.67 bits per heavy atom. The van der Waals surface area contributed by atoms with Crippen molar-refractivity contribution in [1.29, 1.82) is 0 Å². The standard InChI is InChI=1S/C14H21NO3/c16-13(12-10-3-1-2-4-11(10)12)15-9-6-5-8(7-9)14(17)18/h8-12H,1-7H2,(H,15,16)(H,17,18)/t8-,9+,10?,11?,12?/m1/s1. The zero-order chi connectivity index (χ0) is 12.7. The summed E-state index contributed by atoms with van der Waals surface area (Å²) in [4.78, 5) is 23.0. The van der Waals surface area contributed by atoms with E-state index in [0.29, 0.717) is 24.7 Å². The van der Waals surface area contributed by atoms with Gasteiger partial charge in [0.05, 0.1) is 5.92 Å². The van der Waals surface area contributed by atoms with Crippen LogP contribution in [0, 0.1) is 23.7 Å². The van der Waals surface area contributed by atoms with Gasteiger partial charge >= 0.3 is 5.97 Å². The third kappa shape index (κ3) is 2.13. The van der Waals surface area contributed by atoms with Crippen LogP contribution in [0.1, 0.15) is 44.9 Å². The lowest BCUT2D eigenvalue weighted by Gasteiger charge is -2.12. The third-order valence-electron chi connectivity index (χ3n) is 5.09. The van der Waals surface area contributed by atoms with E-state index in [2.05, 4.69) is 5.32 Å². The van der Waals surface area contributed by atoms with Crippen LogP contribution in [-0.2, 0) is 9.59 Å². The van der Waals surface area contributed by atoms with E-state index in [4.69, 9.17) is 5.11 Å². The molecule has 0 aromatic rings. The first kappa shape index (κ1) is 12.0. The van der Waals surface area contributed by atoms with Crippen molar-refractivity contribution in [2.75, 3.05) is 0 Å². The molecule has 3 aliphatic carbocycles. The van der Waals surface area contributed by atoms with Crippen molar-refractivity contribution in [1.82, 2.24) is 5.32 Å². The largest absolute Gasteiger partial charge is 0.481 e. The van der Waals surface area contributed by atoms with E-state index >= 15 is 0 Å². The number of rotatable bonds is 3. The first-order valence-corrected chi connectivity index (χ1v) is 7.20. The molecule has 100 valence electrons. The molecular formula is C14H21NO3. The van der Waals surface area contributed by atoms with Crippen LogP contribution in [0.2, 0.25) is 0 Å². The maximum absolute atomic E-state index is 12.1. The smallest absolute Gasteiger partial charge is 0.306 e. The van der Waals surface area contributed by atoms with Gasteiger partial charge in [0.2, 0.25) is 5.91 Å². The Hall–Kier alpha value is -1.06. The summed E-state index contributed by atoms with van der Waals surface area (Å²) in [6.07, 6.45) is 7.12. The van der Waals surface area contributed by atoms with Crippen LogP contribution in [0.25, 0.3) is 0 Å². The molecule has 0 aromatic heterocycles. The van der Waals surface area contributed by atoms with Crippen molar-refractivity contribution in [3.63, 3.8) is 0 Å². The Bertz CT molecular complexity index is 356. The molecule has 0 aliphatic heterocycles. The summed E-state index contributed by atoms with van der Waals surface area (Å²) < 4.78 is 0. The lowest BCUT2D eigenvalue weighted by atomic mass is 10.0. The van der Waals surface area contributed by atoms with E-state index in [9.17, 15) is 9.59 Å². The Morgan fingerprint density at radius 1 is 1.00 bits per heavy atom. The minimum absolute atomic E-state index is 0.0984. The molecule has 3 aliphatic rings. The highest BCUT2D eigenvalue weighted by molar-refractivity contribution is 5.82. The van der Waals surface area contributed by atoms with Crippen LogP contribution in [0.3, 0.4) is 0 Å². The van der Waals surface area contributed by atoms with Gasteiger partial charge in [-0.25, -0.2) is 0 Å². The fourth-order valence-corrected chi connectivity index (χ4v) is 4.02. The van der Waals surface area contributed by atoms with Crippen LogP contribution >= 0.6 is 0 Å². The van der Waals surface area contributed by atoms with Crippen molar-refractivity contribution in [3.8, 4) is 0 Å². The van der Waals surface area contributed by atoms with Crippen LogP contribution < -0.4 is 5.32 Å². The van der Waals surface area contributed by atoms with E-state index in [-0.39, 0.29) is 23.8 Å². The van der Waals surface area contributed by atoms with E-state index in [1.807, 2.05) is 0 Å². The number of carboxylic acids is 1. The van der Waals surface area contributed by atoms with Crippen molar-refractivity contribution in [2.24, 2.45) is 23.7 Å². The Balaban J connectivity index is 1.49. The van der Waals surface area contributed by atoms with Gasteiger partial charge in [0, 0.05) is 12.0 Å². The molecule has 0 aromatic carbocycles. The fraction of sp³-hybridized carbons (Fsp3) is 0.857. The summed E-state index contributed by atoms with van der Waals surface area (Å²) in [5, 5.41) is 12.0. The number of aliphatic carboxylic acids is 1. The number of amides is 1. The van der Waals surface area contributed by atoms with Crippen molar-refractivity contribution < 1.29 is 14.7 Å². The maximum Gasteiger partial charge on any atom is 0.306 e. The molecule has 3 saturated carbocycles. The van der Waals surface area contributed by atoms with Crippen molar-refractivity contribution in [2.45, 2.75) is 51.0 Å². The zero-order valence-electron chi connectivity index (χ0n) is 10.6. The third-order valence-corrected chi connectivity index (χ3v) is 5.09. The van der Waals surface area contributed by atoms with Crippen LogP contribution in [0.15, 0.2) is 0 Å². The van der Waals surface area contributed by atoms with Gasteiger partial charge in [-0.05, 0) is 43.9 Å². The van der Waals surface area contributed by atoms with E-state index in [1.54, 1.807) is 0 Å². The first-order valence-electron chi connectivity index (χ1n) is 7.20. The minimum atomic E-state index is -0.716. The minimum Gasteiger partial charge on any atom is -0.481 e. The monoisotopic (exact) mass is 251 g/mol. The van der Waals surface area contributed by atoms with Gasteiger partial charge in [-0.3, -0.25) is 9.59 Å². The number of carbonyl (C=O) groups is 2. The molecular weight excluding hydrogens is 230 g/mol. The first-order chi connectivity index (χ1) is 8.66. The quantitative estimate of drug-likeness (QED) is 0.803. The highest BCUT2D eigenvalue weighted by Crippen LogP contribution is 2.55. The zero-order valence-corrected chi connectivity index (χ0v) is 10.6. The molecule has 1 amide bonds. The summed E-state index contributed by atoms with van der Waals surface area (Å²) in [6.45, 7) is 0. The fourth-order valence-electron chi connectivity index (χ4n) is 4.02. The molecule has 0 saturated heterocycles. The molecule has 3 fully saturated rings. The molecule has 18 heavy (non-hydrogen) atoms. The Labute approximate surface area is 107 Å². The highest BCUT2D eigenvalue weighted by atomic mass is 16.4. The highest BCUT2D eigenvalue weighted by Gasteiger charge is 2.55. The van der Waals surface area contributed by atoms with E-state index < -0.39 is 5.97 Å². The number of hydrogen-bond donors (Lipinski definition) is 2. The van der Waals surface area contributed by atoms with Gasteiger partial charge < -0.3 is 10.4 Å². The van der Waals surface area contributed by atoms with Crippen molar-refractivity contribution in [3.05, 3.63) is 0 Å². The predicted molar refractivity (Wildman–Crippen MR) is 65.8 cm³/mol. The second kappa shape index (κ2) is 4.56. The second-order valence-electron chi connectivity index (χ2n) is 6.19. The SMILES string of the molecule is O=C(N[C@H]1CC[C@@H](C(=O)O)C1)C1C2CCCCC21. The van der Waals surface area contributed by atoms with E-state index in [1.165, 1.54) is 25.7 Å². The summed E-state index contributed by atoms with van der Waals surface area (Å²) in [5.41, 5.74) is 0. The molecule has 4 nitrogen and oxygen atoms in total. The predicted octanol–water partition coefficient (Wildman–Crippen LogP) is 1.79. The summed E-state index contributed by atoms with van der Waals surface area (Å²) >= 11 is 0. The summed E-state index contributed by atoms with van der Waals surface area (Å²) in [5.74, 6) is 0.744. The van der Waals surface area contributed by atoms with Crippen LogP contribution in [0.4, 0.5) is 0 Å². The van der Waals surface area contributed by atoms with Crippen LogP contribution in [0.5, 0.6) is 0 Å². The molecule has 4 heteroatoms. The molecule has 0 radical (unpaired) electrons. The topological polar surface area (TPSA) is 66.4 Å². The van der Waals surface area contributed by atoms with Gasteiger partial charge in [0.25, 0.3) is 0 Å². The number of nitrogens with one attached hydrogen (secondary N) is 1. The van der Waals surface area contributed by atoms with Gasteiger partial charge in [-0.2, -0.15) is 0 Å². The summed E-state index contributed by atoms with van der Waals surface area (Å²) in [6, 6.07) is 0.0984. The lowest BCUT2D eigenvalue weighted by Crippen LogP contribution is -2.35. The average Bonchev–Trinajstić information content (AvgIpc) is 2.90. The second-order valence-corrected chi connectivity index (χ2v) is 6.19. The molecule has 2 unspecified atom stereocenters. The molecule has 4 atom stereocenters. The van der Waals surface area contributed by atoms with E-state index in [0.717, 1.165) is 6.42 Å². The number of carbonyl (C=O) groups excluding carboxylic acids is 1. The Morgan fingerprint density at radius 3 is 2.22 bits per heavy atom. The van der Waals surface area contributed by atoms with Crippen molar-refractivity contribution >= 4 is 11.9 Å². The van der Waals surface area contributed by atoms with Gasteiger partial charge in [-0.15, -0.1) is 0 Å². The molecule has 2 N–H and O–H groups in total. The summed E-state index contributed by atoms with van der Waals surface area (Å²) in [7, 11) is 0. The number of carboxylic acid groups (broad SMARTS) is 1. The maximum atomic E-state index is 12.1.